The van der Waals surface area contributed by atoms with Gasteiger partial charge in [0, 0.05) is 12.1 Å². The summed E-state index contributed by atoms with van der Waals surface area (Å²) < 4.78 is 30.4. The molecule has 0 unspecified atom stereocenters. The molecule has 1 heterocycles. The highest BCUT2D eigenvalue weighted by Crippen LogP contribution is 2.31. The molecule has 0 N–H and O–H groups in total. The van der Waals surface area contributed by atoms with E-state index >= 15 is 0 Å². The van der Waals surface area contributed by atoms with Crippen molar-refractivity contribution in [3.05, 3.63) is 28.0 Å². The third-order valence-electron chi connectivity index (χ3n) is 2.00. The summed E-state index contributed by atoms with van der Waals surface area (Å²) in [6.07, 6.45) is -1.79. The van der Waals surface area contributed by atoms with Gasteiger partial charge in [-0.05, 0) is 12.5 Å². The predicted octanol–water partition coefficient (Wildman–Crippen LogP) is 3.59. The number of rotatable bonds is 4. The van der Waals surface area contributed by atoms with Crippen molar-refractivity contribution < 1.29 is 18.3 Å². The van der Waals surface area contributed by atoms with Crippen molar-refractivity contribution in [1.82, 2.24) is 4.98 Å². The van der Waals surface area contributed by atoms with Crippen LogP contribution in [0.15, 0.2) is 6.20 Å². The van der Waals surface area contributed by atoms with Crippen molar-refractivity contribution in [1.29, 1.82) is 0 Å². The summed E-state index contributed by atoms with van der Waals surface area (Å²) in [7, 11) is 0. The quantitative estimate of drug-likeness (QED) is 0.626. The Balaban J connectivity index is 3.35. The molecule has 94 valence electrons. The predicted molar refractivity (Wildman–Crippen MR) is 59.7 cm³/mol. The summed E-state index contributed by atoms with van der Waals surface area (Å²) in [5.41, 5.74) is -1.01. The Kier molecular flexibility index (Phi) is 5.08. The molecule has 3 nitrogen and oxygen atoms in total. The lowest BCUT2D eigenvalue weighted by molar-refractivity contribution is 0.0507. The zero-order chi connectivity index (χ0) is 13.0. The highest BCUT2D eigenvalue weighted by atomic mass is 35.5. The minimum absolute atomic E-state index is 0.00128. The molecule has 0 saturated heterocycles. The summed E-state index contributed by atoms with van der Waals surface area (Å²) >= 11 is 11.2. The molecule has 0 spiro atoms. The molecule has 0 bridgehead atoms. The number of hydrogen-bond acceptors (Lipinski definition) is 3. The Morgan fingerprint density at radius 3 is 2.71 bits per heavy atom. The third-order valence-corrected chi connectivity index (χ3v) is 2.59. The van der Waals surface area contributed by atoms with Gasteiger partial charge in [-0.15, -0.1) is 11.6 Å². The summed E-state index contributed by atoms with van der Waals surface area (Å²) in [6, 6.07) is 0. The Labute approximate surface area is 107 Å². The molecule has 0 atom stereocenters. The van der Waals surface area contributed by atoms with E-state index in [1.165, 1.54) is 0 Å². The van der Waals surface area contributed by atoms with E-state index in [4.69, 9.17) is 23.2 Å². The largest absolute Gasteiger partial charge is 0.461 e. The molecule has 0 aliphatic heterocycles. The molecule has 0 aromatic carbocycles. The summed E-state index contributed by atoms with van der Waals surface area (Å²) in [4.78, 5) is 15.0. The number of carbonyl (C=O) groups excluding carboxylic acids is 1. The van der Waals surface area contributed by atoms with Gasteiger partial charge in [0.1, 0.15) is 0 Å². The van der Waals surface area contributed by atoms with Gasteiger partial charge >= 0.3 is 5.97 Å². The molecule has 0 fully saturated rings. The van der Waals surface area contributed by atoms with E-state index in [1.807, 2.05) is 0 Å². The Morgan fingerprint density at radius 1 is 1.59 bits per heavy atom. The molecule has 1 aromatic rings. The minimum Gasteiger partial charge on any atom is -0.461 e. The number of hydrogen-bond donors (Lipinski definition) is 0. The van der Waals surface area contributed by atoms with Crippen LogP contribution in [0.4, 0.5) is 8.78 Å². The first-order valence-corrected chi connectivity index (χ1v) is 5.62. The molecule has 1 aromatic heterocycles. The fourth-order valence-corrected chi connectivity index (χ4v) is 1.85. The topological polar surface area (TPSA) is 39.2 Å². The number of pyridine rings is 1. The SMILES string of the molecule is CCOC(=O)c1ncc(Cl)c(CCl)c1C(F)F. The van der Waals surface area contributed by atoms with E-state index in [9.17, 15) is 13.6 Å². The standard InChI is InChI=1S/C10H9Cl2F2NO2/c1-2-17-10(16)8-7(9(13)14)5(3-11)6(12)4-15-8/h4,9H,2-3H2,1H3. The lowest BCUT2D eigenvalue weighted by Crippen LogP contribution is -2.13. The van der Waals surface area contributed by atoms with Gasteiger partial charge in [-0.3, -0.25) is 0 Å². The number of alkyl halides is 3. The van der Waals surface area contributed by atoms with Gasteiger partial charge in [-0.1, -0.05) is 11.6 Å². The number of halogens is 4. The van der Waals surface area contributed by atoms with Crippen LogP contribution in [0.3, 0.4) is 0 Å². The van der Waals surface area contributed by atoms with Gasteiger partial charge in [0.15, 0.2) is 5.69 Å². The maximum atomic E-state index is 12.9. The van der Waals surface area contributed by atoms with Crippen LogP contribution in [0.5, 0.6) is 0 Å². The molecule has 17 heavy (non-hydrogen) atoms. The number of ether oxygens (including phenoxy) is 1. The zero-order valence-corrected chi connectivity index (χ0v) is 10.4. The van der Waals surface area contributed by atoms with Crippen LogP contribution >= 0.6 is 23.2 Å². The van der Waals surface area contributed by atoms with Crippen LogP contribution in [-0.4, -0.2) is 17.6 Å². The maximum absolute atomic E-state index is 12.9. The van der Waals surface area contributed by atoms with E-state index in [0.717, 1.165) is 6.20 Å². The number of aromatic nitrogens is 1. The molecule has 0 amide bonds. The summed E-state index contributed by atoms with van der Waals surface area (Å²) in [6.45, 7) is 1.64. The molecule has 1 rings (SSSR count). The molecule has 0 radical (unpaired) electrons. The van der Waals surface area contributed by atoms with Crippen molar-refractivity contribution >= 4 is 29.2 Å². The Hall–Kier alpha value is -0.940. The van der Waals surface area contributed by atoms with Crippen molar-refractivity contribution in [2.45, 2.75) is 19.2 Å². The van der Waals surface area contributed by atoms with Crippen LogP contribution in [0.1, 0.15) is 35.0 Å². The molecule has 7 heteroatoms. The van der Waals surface area contributed by atoms with Crippen LogP contribution in [0.25, 0.3) is 0 Å². The van der Waals surface area contributed by atoms with Crippen LogP contribution in [0, 0.1) is 0 Å². The van der Waals surface area contributed by atoms with Crippen molar-refractivity contribution in [3.63, 3.8) is 0 Å². The molecule has 0 aliphatic carbocycles. The maximum Gasteiger partial charge on any atom is 0.357 e. The van der Waals surface area contributed by atoms with E-state index < -0.39 is 23.7 Å². The Morgan fingerprint density at radius 2 is 2.24 bits per heavy atom. The lowest BCUT2D eigenvalue weighted by atomic mass is 10.1. The van der Waals surface area contributed by atoms with Crippen molar-refractivity contribution in [2.24, 2.45) is 0 Å². The van der Waals surface area contributed by atoms with E-state index in [-0.39, 0.29) is 23.1 Å². The second kappa shape index (κ2) is 6.12. The van der Waals surface area contributed by atoms with E-state index in [0.29, 0.717) is 0 Å². The van der Waals surface area contributed by atoms with Gasteiger partial charge in [0.2, 0.25) is 0 Å². The smallest absolute Gasteiger partial charge is 0.357 e. The average molecular weight is 284 g/mol. The number of carbonyl (C=O) groups is 1. The first-order valence-electron chi connectivity index (χ1n) is 4.71. The Bertz CT molecular complexity index is 427. The fourth-order valence-electron chi connectivity index (χ4n) is 1.27. The van der Waals surface area contributed by atoms with Crippen molar-refractivity contribution in [3.8, 4) is 0 Å². The monoisotopic (exact) mass is 283 g/mol. The second-order valence-corrected chi connectivity index (χ2v) is 3.68. The van der Waals surface area contributed by atoms with Gasteiger partial charge in [0.25, 0.3) is 6.43 Å². The second-order valence-electron chi connectivity index (χ2n) is 3.00. The van der Waals surface area contributed by atoms with Crippen LogP contribution in [-0.2, 0) is 10.6 Å². The minimum atomic E-state index is -2.89. The third kappa shape index (κ3) is 3.04. The molecule has 0 saturated carbocycles. The van der Waals surface area contributed by atoms with Gasteiger partial charge in [-0.25, -0.2) is 18.6 Å². The first kappa shape index (κ1) is 14.1. The highest BCUT2D eigenvalue weighted by Gasteiger charge is 2.26. The molecular formula is C10H9Cl2F2NO2. The molecule has 0 aliphatic rings. The van der Waals surface area contributed by atoms with Crippen LogP contribution < -0.4 is 0 Å². The average Bonchev–Trinajstić information content (AvgIpc) is 2.28. The van der Waals surface area contributed by atoms with Gasteiger partial charge in [0.05, 0.1) is 17.2 Å². The summed E-state index contributed by atoms with van der Waals surface area (Å²) in [5.74, 6) is -1.14. The zero-order valence-electron chi connectivity index (χ0n) is 8.84. The molecular weight excluding hydrogens is 275 g/mol. The van der Waals surface area contributed by atoms with Crippen molar-refractivity contribution in [2.75, 3.05) is 6.61 Å². The normalized spacial score (nSPS) is 10.7. The van der Waals surface area contributed by atoms with Crippen LogP contribution in [0.2, 0.25) is 5.02 Å². The number of esters is 1. The van der Waals surface area contributed by atoms with E-state index in [1.54, 1.807) is 6.92 Å². The van der Waals surface area contributed by atoms with E-state index in [2.05, 4.69) is 9.72 Å². The highest BCUT2D eigenvalue weighted by molar-refractivity contribution is 6.32. The van der Waals surface area contributed by atoms with Gasteiger partial charge in [-0.2, -0.15) is 0 Å². The first-order chi connectivity index (χ1) is 8.02. The lowest BCUT2D eigenvalue weighted by Gasteiger charge is -2.12. The summed E-state index contributed by atoms with van der Waals surface area (Å²) in [5, 5.41) is 0.00310. The van der Waals surface area contributed by atoms with Gasteiger partial charge < -0.3 is 4.74 Å². The number of nitrogens with zero attached hydrogens (tertiary/aromatic N) is 1. The fraction of sp³-hybridized carbons (Fsp3) is 0.400.